The fourth-order valence-corrected chi connectivity index (χ4v) is 1.91. The number of hydrogen-bond acceptors (Lipinski definition) is 7. The molecule has 0 amide bonds. The first kappa shape index (κ1) is 13.2. The molecule has 19 heavy (non-hydrogen) atoms. The highest BCUT2D eigenvalue weighted by molar-refractivity contribution is 7.84. The zero-order chi connectivity index (χ0) is 13.8. The summed E-state index contributed by atoms with van der Waals surface area (Å²) in [6, 6.07) is 3.48. The predicted octanol–water partition coefficient (Wildman–Crippen LogP) is 0.943. The highest BCUT2D eigenvalue weighted by Gasteiger charge is 2.07. The number of rotatable bonds is 4. The van der Waals surface area contributed by atoms with Gasteiger partial charge < -0.3 is 15.8 Å². The standard InChI is InChI=1S/C11H13N5O2S/c1-18-9-4-3-7(5-13-9)15-11-14-6-8(19(2)17)10(12)16-11/h3-6H,1-2H3,(H3,12,14,15,16). The van der Waals surface area contributed by atoms with Crippen molar-refractivity contribution in [2.24, 2.45) is 0 Å². The molecule has 2 aromatic heterocycles. The number of nitrogen functional groups attached to an aromatic ring is 1. The minimum atomic E-state index is -1.21. The maximum Gasteiger partial charge on any atom is 0.229 e. The van der Waals surface area contributed by atoms with E-state index in [1.54, 1.807) is 25.4 Å². The van der Waals surface area contributed by atoms with Gasteiger partial charge in [0.2, 0.25) is 11.8 Å². The summed E-state index contributed by atoms with van der Waals surface area (Å²) in [7, 11) is 0.338. The predicted molar refractivity (Wildman–Crippen MR) is 72.8 cm³/mol. The van der Waals surface area contributed by atoms with Crippen LogP contribution in [0.15, 0.2) is 29.4 Å². The number of ether oxygens (including phenoxy) is 1. The van der Waals surface area contributed by atoms with Gasteiger partial charge in [0, 0.05) is 12.3 Å². The van der Waals surface area contributed by atoms with Crippen LogP contribution in [0.1, 0.15) is 0 Å². The van der Waals surface area contributed by atoms with Crippen LogP contribution >= 0.6 is 0 Å². The molecule has 0 aliphatic rings. The molecule has 0 spiro atoms. The largest absolute Gasteiger partial charge is 0.481 e. The van der Waals surface area contributed by atoms with E-state index in [2.05, 4.69) is 20.3 Å². The molecule has 0 saturated heterocycles. The third-order valence-electron chi connectivity index (χ3n) is 2.29. The first-order valence-corrected chi connectivity index (χ1v) is 6.89. The van der Waals surface area contributed by atoms with Crippen LogP contribution in [0.25, 0.3) is 0 Å². The zero-order valence-corrected chi connectivity index (χ0v) is 11.3. The van der Waals surface area contributed by atoms with E-state index < -0.39 is 10.8 Å². The van der Waals surface area contributed by atoms with Crippen LogP contribution in [0.3, 0.4) is 0 Å². The first-order chi connectivity index (χ1) is 9.10. The lowest BCUT2D eigenvalue weighted by molar-refractivity contribution is 0.398. The molecule has 2 aromatic rings. The van der Waals surface area contributed by atoms with E-state index in [4.69, 9.17) is 10.5 Å². The average Bonchev–Trinajstić information content (AvgIpc) is 2.39. The first-order valence-electron chi connectivity index (χ1n) is 5.33. The van der Waals surface area contributed by atoms with Gasteiger partial charge in [0.05, 0.1) is 40.9 Å². The molecule has 0 aliphatic carbocycles. The quantitative estimate of drug-likeness (QED) is 0.858. The molecule has 2 rings (SSSR count). The fourth-order valence-electron chi connectivity index (χ4n) is 1.37. The minimum absolute atomic E-state index is 0.194. The highest BCUT2D eigenvalue weighted by Crippen LogP contribution is 2.18. The van der Waals surface area contributed by atoms with E-state index in [0.717, 1.165) is 0 Å². The van der Waals surface area contributed by atoms with Crippen molar-refractivity contribution in [2.75, 3.05) is 24.4 Å². The lowest BCUT2D eigenvalue weighted by Crippen LogP contribution is -2.04. The van der Waals surface area contributed by atoms with Gasteiger partial charge >= 0.3 is 0 Å². The van der Waals surface area contributed by atoms with Crippen molar-refractivity contribution < 1.29 is 8.95 Å². The third kappa shape index (κ3) is 3.16. The molecule has 0 bridgehead atoms. The lowest BCUT2D eigenvalue weighted by Gasteiger charge is -2.07. The average molecular weight is 279 g/mol. The van der Waals surface area contributed by atoms with Gasteiger partial charge in [-0.2, -0.15) is 4.98 Å². The number of anilines is 3. The molecule has 0 aromatic carbocycles. The van der Waals surface area contributed by atoms with Crippen molar-refractivity contribution in [2.45, 2.75) is 4.90 Å². The maximum absolute atomic E-state index is 11.3. The number of hydrogen-bond donors (Lipinski definition) is 2. The second kappa shape index (κ2) is 5.61. The number of aromatic nitrogens is 3. The molecular formula is C11H13N5O2S. The van der Waals surface area contributed by atoms with Gasteiger partial charge in [-0.1, -0.05) is 0 Å². The molecular weight excluding hydrogens is 266 g/mol. The van der Waals surface area contributed by atoms with Crippen molar-refractivity contribution in [1.82, 2.24) is 15.0 Å². The molecule has 3 N–H and O–H groups in total. The molecule has 2 heterocycles. The zero-order valence-electron chi connectivity index (χ0n) is 10.5. The van der Waals surface area contributed by atoms with Crippen molar-refractivity contribution in [3.05, 3.63) is 24.5 Å². The van der Waals surface area contributed by atoms with Crippen LogP contribution in [0.2, 0.25) is 0 Å². The summed E-state index contributed by atoms with van der Waals surface area (Å²) in [5, 5.41) is 2.94. The van der Waals surface area contributed by atoms with Crippen molar-refractivity contribution in [1.29, 1.82) is 0 Å². The Labute approximate surface area is 112 Å². The third-order valence-corrected chi connectivity index (χ3v) is 3.23. The summed E-state index contributed by atoms with van der Waals surface area (Å²) in [6.45, 7) is 0. The van der Waals surface area contributed by atoms with Crippen LogP contribution in [0.4, 0.5) is 17.5 Å². The fraction of sp³-hybridized carbons (Fsp3) is 0.182. The van der Waals surface area contributed by atoms with E-state index in [-0.39, 0.29) is 5.82 Å². The molecule has 1 atom stereocenters. The normalized spacial score (nSPS) is 11.9. The Kier molecular flexibility index (Phi) is 3.91. The molecule has 0 fully saturated rings. The molecule has 0 radical (unpaired) electrons. The summed E-state index contributed by atoms with van der Waals surface area (Å²) in [6.07, 6.45) is 4.55. The Bertz CT molecular complexity index is 603. The summed E-state index contributed by atoms with van der Waals surface area (Å²) >= 11 is 0. The van der Waals surface area contributed by atoms with Crippen molar-refractivity contribution in [3.8, 4) is 5.88 Å². The summed E-state index contributed by atoms with van der Waals surface area (Å²) in [5.74, 6) is 1.03. The number of nitrogens with zero attached hydrogens (tertiary/aromatic N) is 3. The summed E-state index contributed by atoms with van der Waals surface area (Å²) in [5.41, 5.74) is 6.40. The Morgan fingerprint density at radius 2 is 2.11 bits per heavy atom. The maximum atomic E-state index is 11.3. The Morgan fingerprint density at radius 1 is 1.32 bits per heavy atom. The van der Waals surface area contributed by atoms with E-state index in [1.807, 2.05) is 0 Å². The van der Waals surface area contributed by atoms with E-state index in [9.17, 15) is 4.21 Å². The molecule has 1 unspecified atom stereocenters. The molecule has 8 heteroatoms. The van der Waals surface area contributed by atoms with E-state index in [1.165, 1.54) is 12.5 Å². The Morgan fingerprint density at radius 3 is 2.63 bits per heavy atom. The van der Waals surface area contributed by atoms with E-state index >= 15 is 0 Å². The molecule has 0 aliphatic heterocycles. The number of nitrogens with two attached hydrogens (primary N) is 1. The van der Waals surface area contributed by atoms with Crippen LogP contribution in [0.5, 0.6) is 5.88 Å². The van der Waals surface area contributed by atoms with Gasteiger partial charge in [0.25, 0.3) is 0 Å². The Balaban J connectivity index is 2.18. The highest BCUT2D eigenvalue weighted by atomic mass is 32.2. The molecule has 100 valence electrons. The molecule has 0 saturated carbocycles. The number of nitrogens with one attached hydrogen (secondary N) is 1. The molecule has 7 nitrogen and oxygen atoms in total. The SMILES string of the molecule is COc1ccc(Nc2ncc(S(C)=O)c(N)n2)cn1. The van der Waals surface area contributed by atoms with Gasteiger partial charge in [0.1, 0.15) is 5.82 Å². The number of pyridine rings is 1. The van der Waals surface area contributed by atoms with Gasteiger partial charge in [0.15, 0.2) is 0 Å². The van der Waals surface area contributed by atoms with Crippen molar-refractivity contribution >= 4 is 28.3 Å². The van der Waals surface area contributed by atoms with Gasteiger partial charge in [-0.05, 0) is 6.07 Å². The van der Waals surface area contributed by atoms with E-state index in [0.29, 0.717) is 22.4 Å². The topological polar surface area (TPSA) is 103 Å². The van der Waals surface area contributed by atoms with Gasteiger partial charge in [-0.15, -0.1) is 0 Å². The van der Waals surface area contributed by atoms with Crippen molar-refractivity contribution in [3.63, 3.8) is 0 Å². The summed E-state index contributed by atoms with van der Waals surface area (Å²) < 4.78 is 16.3. The minimum Gasteiger partial charge on any atom is -0.481 e. The van der Waals surface area contributed by atoms with Crippen LogP contribution in [-0.2, 0) is 10.8 Å². The second-order valence-electron chi connectivity index (χ2n) is 3.61. The van der Waals surface area contributed by atoms with Crippen LogP contribution in [0, 0.1) is 0 Å². The van der Waals surface area contributed by atoms with Gasteiger partial charge in [-0.3, -0.25) is 4.21 Å². The van der Waals surface area contributed by atoms with Crippen LogP contribution < -0.4 is 15.8 Å². The number of methoxy groups -OCH3 is 1. The second-order valence-corrected chi connectivity index (χ2v) is 4.96. The van der Waals surface area contributed by atoms with Gasteiger partial charge in [-0.25, -0.2) is 9.97 Å². The monoisotopic (exact) mass is 279 g/mol. The lowest BCUT2D eigenvalue weighted by atomic mass is 10.4. The van der Waals surface area contributed by atoms with Crippen LogP contribution in [-0.4, -0.2) is 32.5 Å². The smallest absolute Gasteiger partial charge is 0.229 e. The summed E-state index contributed by atoms with van der Waals surface area (Å²) in [4.78, 5) is 12.5. The Hall–Kier alpha value is -2.22.